The second-order valence-electron chi connectivity index (χ2n) is 5.30. The van der Waals surface area contributed by atoms with Gasteiger partial charge in [0, 0.05) is 19.8 Å². The lowest BCUT2D eigenvalue weighted by Gasteiger charge is -2.34. The van der Waals surface area contributed by atoms with Gasteiger partial charge in [0.1, 0.15) is 5.69 Å². The third-order valence-corrected chi connectivity index (χ3v) is 4.02. The van der Waals surface area contributed by atoms with E-state index in [9.17, 15) is 9.59 Å². The molecule has 22 heavy (non-hydrogen) atoms. The first kappa shape index (κ1) is 14.3. The molecule has 3 heterocycles. The topological polar surface area (TPSA) is 92.4 Å². The number of hydrogen-bond donors (Lipinski definition) is 2. The van der Waals surface area contributed by atoms with Crippen molar-refractivity contribution < 1.29 is 14.8 Å². The number of hydroxylamine groups is 1. The summed E-state index contributed by atoms with van der Waals surface area (Å²) >= 11 is 0. The van der Waals surface area contributed by atoms with Crippen LogP contribution in [0.4, 0.5) is 0 Å². The highest BCUT2D eigenvalue weighted by Crippen LogP contribution is 2.27. The molecule has 0 saturated heterocycles. The molecule has 2 N–H and O–H groups in total. The van der Waals surface area contributed by atoms with Gasteiger partial charge in [0.15, 0.2) is 5.69 Å². The van der Waals surface area contributed by atoms with Gasteiger partial charge in [-0.2, -0.15) is 5.10 Å². The Morgan fingerprint density at radius 3 is 2.82 bits per heavy atom. The molecule has 1 aliphatic heterocycles. The van der Waals surface area contributed by atoms with Gasteiger partial charge in [-0.1, -0.05) is 0 Å². The molecule has 0 fully saturated rings. The van der Waals surface area contributed by atoms with Crippen molar-refractivity contribution in [2.45, 2.75) is 19.5 Å². The zero-order chi connectivity index (χ0) is 15.9. The number of fused-ring (bicyclic) bond motifs is 1. The van der Waals surface area contributed by atoms with E-state index < -0.39 is 5.91 Å². The fourth-order valence-corrected chi connectivity index (χ4v) is 2.78. The zero-order valence-corrected chi connectivity index (χ0v) is 12.4. The van der Waals surface area contributed by atoms with Crippen molar-refractivity contribution in [1.29, 1.82) is 0 Å². The Labute approximate surface area is 126 Å². The van der Waals surface area contributed by atoms with Crippen molar-refractivity contribution in [3.05, 3.63) is 41.5 Å². The number of aromatic nitrogens is 3. The van der Waals surface area contributed by atoms with Gasteiger partial charge in [-0.25, -0.2) is 5.48 Å². The molecule has 0 aromatic carbocycles. The van der Waals surface area contributed by atoms with Crippen LogP contribution in [0.2, 0.25) is 0 Å². The molecule has 0 radical (unpaired) electrons. The van der Waals surface area contributed by atoms with Crippen LogP contribution < -0.4 is 5.48 Å². The van der Waals surface area contributed by atoms with Crippen molar-refractivity contribution in [2.24, 2.45) is 7.05 Å². The van der Waals surface area contributed by atoms with Crippen LogP contribution in [0, 0.1) is 0 Å². The molecular weight excluding hydrogens is 286 g/mol. The van der Waals surface area contributed by atoms with Crippen LogP contribution in [0.5, 0.6) is 0 Å². The van der Waals surface area contributed by atoms with Crippen LogP contribution >= 0.6 is 0 Å². The number of aryl methyl sites for hydroxylation is 1. The molecule has 2 aromatic heterocycles. The molecule has 2 aromatic rings. The Morgan fingerprint density at radius 2 is 2.18 bits per heavy atom. The summed E-state index contributed by atoms with van der Waals surface area (Å²) in [5.74, 6) is -0.713. The number of nitrogens with zero attached hydrogens (tertiary/aromatic N) is 4. The largest absolute Gasteiger partial charge is 0.347 e. The predicted molar refractivity (Wildman–Crippen MR) is 76.3 cm³/mol. The molecular formula is C14H17N5O3. The molecule has 1 aliphatic rings. The van der Waals surface area contributed by atoms with Crippen molar-refractivity contribution in [2.75, 3.05) is 6.54 Å². The van der Waals surface area contributed by atoms with Gasteiger partial charge >= 0.3 is 0 Å². The predicted octanol–water partition coefficient (Wildman–Crippen LogP) is 0.558. The van der Waals surface area contributed by atoms with Gasteiger partial charge in [0.2, 0.25) is 0 Å². The van der Waals surface area contributed by atoms with E-state index in [2.05, 4.69) is 5.10 Å². The van der Waals surface area contributed by atoms with E-state index >= 15 is 0 Å². The quantitative estimate of drug-likeness (QED) is 0.626. The van der Waals surface area contributed by atoms with Gasteiger partial charge in [0.25, 0.3) is 11.8 Å². The van der Waals surface area contributed by atoms with Crippen molar-refractivity contribution in [1.82, 2.24) is 24.7 Å². The normalized spacial score (nSPS) is 17.2. The maximum absolute atomic E-state index is 12.7. The smallest absolute Gasteiger partial charge is 0.295 e. The van der Waals surface area contributed by atoms with Crippen LogP contribution in [0.3, 0.4) is 0 Å². The summed E-state index contributed by atoms with van der Waals surface area (Å²) in [4.78, 5) is 25.9. The van der Waals surface area contributed by atoms with Crippen molar-refractivity contribution in [3.63, 3.8) is 0 Å². The van der Waals surface area contributed by atoms with E-state index in [1.807, 2.05) is 26.2 Å². The van der Waals surface area contributed by atoms with Crippen LogP contribution in [0.1, 0.15) is 39.6 Å². The van der Waals surface area contributed by atoms with Gasteiger partial charge in [0.05, 0.1) is 18.3 Å². The standard InChI is InChI=1S/C14H17N5O3/c1-9-12-8-10(13(20)16-22)15-19(12)7-6-18(9)14(21)11-4-3-5-17(11)2/h3-5,8-9,22H,6-7H2,1-2H3,(H,16,20). The van der Waals surface area contributed by atoms with Crippen LogP contribution in [0.25, 0.3) is 0 Å². The molecule has 1 unspecified atom stereocenters. The first-order valence-corrected chi connectivity index (χ1v) is 6.97. The third-order valence-electron chi connectivity index (χ3n) is 4.02. The van der Waals surface area contributed by atoms with E-state index in [1.165, 1.54) is 0 Å². The van der Waals surface area contributed by atoms with E-state index in [1.54, 1.807) is 31.8 Å². The Morgan fingerprint density at radius 1 is 1.41 bits per heavy atom. The Balaban J connectivity index is 1.89. The lowest BCUT2D eigenvalue weighted by atomic mass is 10.1. The maximum atomic E-state index is 12.7. The van der Waals surface area contributed by atoms with Crippen molar-refractivity contribution in [3.8, 4) is 0 Å². The molecule has 0 aliphatic carbocycles. The van der Waals surface area contributed by atoms with E-state index in [4.69, 9.17) is 5.21 Å². The van der Waals surface area contributed by atoms with E-state index in [0.717, 1.165) is 5.69 Å². The molecule has 0 saturated carbocycles. The minimum absolute atomic E-state index is 0.0550. The van der Waals surface area contributed by atoms with Gasteiger partial charge in [-0.3, -0.25) is 19.5 Å². The lowest BCUT2D eigenvalue weighted by molar-refractivity contribution is 0.0624. The summed E-state index contributed by atoms with van der Waals surface area (Å²) in [6.45, 7) is 2.92. The number of carbonyl (C=O) groups excluding carboxylic acids is 2. The van der Waals surface area contributed by atoms with Crippen LogP contribution in [0.15, 0.2) is 24.4 Å². The number of carbonyl (C=O) groups is 2. The van der Waals surface area contributed by atoms with Crippen LogP contribution in [-0.4, -0.2) is 42.8 Å². The summed E-state index contributed by atoms with van der Waals surface area (Å²) < 4.78 is 3.48. The Kier molecular flexibility index (Phi) is 3.45. The van der Waals surface area contributed by atoms with Crippen molar-refractivity contribution >= 4 is 11.8 Å². The average Bonchev–Trinajstić information content (AvgIpc) is 3.12. The lowest BCUT2D eigenvalue weighted by Crippen LogP contribution is -2.41. The SMILES string of the molecule is CC1c2cc(C(=O)NO)nn2CCN1C(=O)c1cccn1C. The van der Waals surface area contributed by atoms with E-state index in [0.29, 0.717) is 18.8 Å². The summed E-state index contributed by atoms with van der Waals surface area (Å²) in [6.07, 6.45) is 1.83. The van der Waals surface area contributed by atoms with E-state index in [-0.39, 0.29) is 17.6 Å². The van der Waals surface area contributed by atoms with Gasteiger partial charge in [-0.15, -0.1) is 0 Å². The molecule has 3 rings (SSSR count). The minimum Gasteiger partial charge on any atom is -0.347 e. The van der Waals surface area contributed by atoms with Crippen LogP contribution in [-0.2, 0) is 13.6 Å². The molecule has 0 bridgehead atoms. The molecule has 1 atom stereocenters. The highest BCUT2D eigenvalue weighted by molar-refractivity contribution is 5.93. The number of amides is 2. The summed E-state index contributed by atoms with van der Waals surface area (Å²) in [5.41, 5.74) is 3.10. The summed E-state index contributed by atoms with van der Waals surface area (Å²) in [7, 11) is 1.83. The first-order valence-electron chi connectivity index (χ1n) is 6.97. The Bertz CT molecular complexity index is 733. The molecule has 2 amide bonds. The summed E-state index contributed by atoms with van der Waals surface area (Å²) in [5, 5.41) is 12.8. The monoisotopic (exact) mass is 303 g/mol. The summed E-state index contributed by atoms with van der Waals surface area (Å²) in [6, 6.07) is 5.01. The molecule has 0 spiro atoms. The minimum atomic E-state index is -0.658. The number of nitrogens with one attached hydrogen (secondary N) is 1. The van der Waals surface area contributed by atoms with Gasteiger partial charge < -0.3 is 9.47 Å². The molecule has 8 heteroatoms. The first-order chi connectivity index (χ1) is 10.5. The highest BCUT2D eigenvalue weighted by Gasteiger charge is 2.31. The second kappa shape index (κ2) is 5.30. The highest BCUT2D eigenvalue weighted by atomic mass is 16.5. The zero-order valence-electron chi connectivity index (χ0n) is 12.4. The average molecular weight is 303 g/mol. The number of rotatable bonds is 2. The number of hydrogen-bond acceptors (Lipinski definition) is 4. The second-order valence-corrected chi connectivity index (χ2v) is 5.30. The Hall–Kier alpha value is -2.61. The molecule has 8 nitrogen and oxygen atoms in total. The third kappa shape index (κ3) is 2.17. The fourth-order valence-electron chi connectivity index (χ4n) is 2.78. The fraction of sp³-hybridized carbons (Fsp3) is 0.357. The maximum Gasteiger partial charge on any atom is 0.295 e. The van der Waals surface area contributed by atoms with Gasteiger partial charge in [-0.05, 0) is 25.1 Å². The molecule has 116 valence electrons.